The molecule has 3 nitrogen and oxygen atoms in total. The van der Waals surface area contributed by atoms with Crippen LogP contribution in [0, 0.1) is 0 Å². The number of carbonyl (C=O) groups excluding carboxylic acids is 1. The summed E-state index contributed by atoms with van der Waals surface area (Å²) < 4.78 is 0. The van der Waals surface area contributed by atoms with Crippen LogP contribution in [-0.2, 0) is 0 Å². The molecule has 0 unspecified atom stereocenters. The van der Waals surface area contributed by atoms with Gasteiger partial charge in [0.2, 0.25) is 0 Å². The smallest absolute Gasteiger partial charge is 0.360 e. The van der Waals surface area contributed by atoms with Gasteiger partial charge in [0.15, 0.2) is 0 Å². The number of amides is 1. The summed E-state index contributed by atoms with van der Waals surface area (Å²) in [7, 11) is 0. The van der Waals surface area contributed by atoms with Gasteiger partial charge in [0.25, 0.3) is 5.91 Å². The van der Waals surface area contributed by atoms with Crippen molar-refractivity contribution in [1.29, 1.82) is 0 Å². The van der Waals surface area contributed by atoms with Gasteiger partial charge in [-0.1, -0.05) is 0 Å². The Kier molecular flexibility index (Phi) is 0.656. The van der Waals surface area contributed by atoms with Gasteiger partial charge in [0.1, 0.15) is 0 Å². The molecule has 0 fully saturated rings. The first-order valence-electron chi connectivity index (χ1n) is 2.64. The molecular weight excluding hydrogens is 116 g/mol. The van der Waals surface area contributed by atoms with Crippen molar-refractivity contribution in [3.05, 3.63) is 23.5 Å². The van der Waals surface area contributed by atoms with Gasteiger partial charge >= 0.3 is 1.43 Å². The summed E-state index contributed by atoms with van der Waals surface area (Å²) in [6.07, 6.45) is 3.27. The van der Waals surface area contributed by atoms with Crippen LogP contribution in [0.2, 0.25) is 0 Å². The summed E-state index contributed by atoms with van der Waals surface area (Å²) in [6.45, 7) is 0. The van der Waals surface area contributed by atoms with Crippen LogP contribution < -0.4 is 0 Å². The van der Waals surface area contributed by atoms with Crippen LogP contribution in [0.25, 0.3) is 0 Å². The number of nitrogens with one attached hydrogen (secondary N) is 1. The van der Waals surface area contributed by atoms with Crippen molar-refractivity contribution in [2.75, 3.05) is 0 Å². The quantitative estimate of drug-likeness (QED) is 0.539. The van der Waals surface area contributed by atoms with Crippen LogP contribution in [0.3, 0.4) is 0 Å². The zero-order valence-electron chi connectivity index (χ0n) is 5.59. The molecule has 0 atom stereocenters. The number of carbonyl (C=O) groups is 1. The Labute approximate surface area is 52.9 Å². The molecule has 0 bridgehead atoms. The summed E-state index contributed by atoms with van der Waals surface area (Å²) >= 11 is 0. The zero-order valence-corrected chi connectivity index (χ0v) is 4.59. The summed E-state index contributed by atoms with van der Waals surface area (Å²) in [5.41, 5.74) is 1.50. The molecule has 1 aliphatic rings. The Morgan fingerprint density at radius 3 is 3.33 bits per heavy atom. The van der Waals surface area contributed by atoms with Crippen LogP contribution in [-0.4, -0.2) is 17.1 Å². The minimum atomic E-state index is -0.147. The molecule has 2 heterocycles. The van der Waals surface area contributed by atoms with Gasteiger partial charge in [0.05, 0.1) is 17.5 Å². The van der Waals surface area contributed by atoms with Crippen molar-refractivity contribution in [2.45, 2.75) is 0 Å². The highest BCUT2D eigenvalue weighted by Gasteiger charge is 2.14. The summed E-state index contributed by atoms with van der Waals surface area (Å²) in [5, 5.41) is 0. The van der Waals surface area contributed by atoms with E-state index < -0.39 is 0 Å². The molecule has 1 aliphatic heterocycles. The molecule has 0 aliphatic carbocycles. The van der Waals surface area contributed by atoms with Crippen molar-refractivity contribution in [2.24, 2.45) is 4.99 Å². The Balaban J connectivity index is 0.000000500. The second-order valence-corrected chi connectivity index (χ2v) is 1.87. The molecule has 3 heteroatoms. The average molecular weight is 121 g/mol. The third kappa shape index (κ3) is 0.455. The fourth-order valence-corrected chi connectivity index (χ4v) is 0.868. The Morgan fingerprint density at radius 1 is 1.67 bits per heavy atom. The Morgan fingerprint density at radius 2 is 2.56 bits per heavy atom. The molecule has 0 saturated heterocycles. The Hall–Kier alpha value is -1.38. The molecular formula is C6H5N2O+. The highest BCUT2D eigenvalue weighted by atomic mass is 16.1. The van der Waals surface area contributed by atoms with Crippen molar-refractivity contribution < 1.29 is 6.22 Å². The van der Waals surface area contributed by atoms with E-state index in [-0.39, 0.29) is 7.33 Å². The summed E-state index contributed by atoms with van der Waals surface area (Å²) in [6, 6.07) is 1.73. The first kappa shape index (κ1) is 4.49. The standard InChI is InChI=1S/C6H4N2O/c9-6-4-1-2-7-5(4)3-8-6/h1-3,7H/p+1. The van der Waals surface area contributed by atoms with Gasteiger partial charge in [-0.3, -0.25) is 4.79 Å². The number of hydrogen-bond donors (Lipinski definition) is 1. The largest absolute Gasteiger partial charge is 1.00 e. The highest BCUT2D eigenvalue weighted by molar-refractivity contribution is 6.11. The van der Waals surface area contributed by atoms with Gasteiger partial charge in [-0.2, -0.15) is 0 Å². The van der Waals surface area contributed by atoms with Gasteiger partial charge in [0, 0.05) is 6.20 Å². The lowest BCUT2D eigenvalue weighted by molar-refractivity contribution is 0.101. The first-order chi connectivity index (χ1) is 4.38. The molecule has 1 N–H and O–H groups in total. The third-order valence-corrected chi connectivity index (χ3v) is 1.32. The van der Waals surface area contributed by atoms with Crippen LogP contribution in [0.1, 0.15) is 17.5 Å². The maximum atomic E-state index is 10.7. The van der Waals surface area contributed by atoms with E-state index in [0.29, 0.717) is 5.56 Å². The maximum absolute atomic E-state index is 10.7. The molecule has 1 amide bonds. The normalized spacial score (nSPS) is 14.4. The predicted octanol–water partition coefficient (Wildman–Crippen LogP) is 0.700. The van der Waals surface area contributed by atoms with E-state index in [1.807, 2.05) is 0 Å². The first-order valence-corrected chi connectivity index (χ1v) is 2.64. The molecule has 9 heavy (non-hydrogen) atoms. The van der Waals surface area contributed by atoms with Gasteiger partial charge in [-0.25, -0.2) is 4.99 Å². The molecule has 0 radical (unpaired) electrons. The minimum absolute atomic E-state index is 0. The second kappa shape index (κ2) is 1.31. The lowest BCUT2D eigenvalue weighted by Crippen LogP contribution is -1.85. The SMILES string of the molecule is O=C1N=Cc2[nH]ccc21.[H+]. The fourth-order valence-electron chi connectivity index (χ4n) is 0.868. The zero-order chi connectivity index (χ0) is 6.27. The molecule has 0 aromatic carbocycles. The van der Waals surface area contributed by atoms with Crippen LogP contribution >= 0.6 is 0 Å². The van der Waals surface area contributed by atoms with Crippen molar-refractivity contribution in [1.82, 2.24) is 4.98 Å². The molecule has 2 rings (SSSR count). The highest BCUT2D eigenvalue weighted by Crippen LogP contribution is 2.10. The van der Waals surface area contributed by atoms with E-state index in [1.165, 1.54) is 6.21 Å². The van der Waals surface area contributed by atoms with Crippen LogP contribution in [0.4, 0.5) is 0 Å². The number of aliphatic imine (C=N–C) groups is 1. The average Bonchev–Trinajstić information content (AvgIpc) is 2.35. The lowest BCUT2D eigenvalue weighted by Gasteiger charge is -1.77. The molecule has 0 spiro atoms. The minimum Gasteiger partial charge on any atom is -0.360 e. The second-order valence-electron chi connectivity index (χ2n) is 1.87. The molecule has 1 aromatic heterocycles. The number of nitrogens with zero attached hydrogens (tertiary/aromatic N) is 1. The van der Waals surface area contributed by atoms with Gasteiger partial charge in [-0.05, 0) is 6.07 Å². The van der Waals surface area contributed by atoms with E-state index in [1.54, 1.807) is 12.3 Å². The van der Waals surface area contributed by atoms with Crippen LogP contribution in [0.5, 0.6) is 0 Å². The third-order valence-electron chi connectivity index (χ3n) is 1.32. The molecule has 1 aromatic rings. The Bertz CT molecular complexity index is 290. The predicted molar refractivity (Wildman–Crippen MR) is 33.8 cm³/mol. The van der Waals surface area contributed by atoms with Crippen LogP contribution in [0.15, 0.2) is 17.3 Å². The van der Waals surface area contributed by atoms with E-state index >= 15 is 0 Å². The van der Waals surface area contributed by atoms with Crippen molar-refractivity contribution >= 4 is 12.1 Å². The van der Waals surface area contributed by atoms with Gasteiger partial charge < -0.3 is 4.98 Å². The number of fused-ring (bicyclic) bond motifs is 1. The van der Waals surface area contributed by atoms with E-state index in [4.69, 9.17) is 0 Å². The van der Waals surface area contributed by atoms with Crippen molar-refractivity contribution in [3.63, 3.8) is 0 Å². The summed E-state index contributed by atoms with van der Waals surface area (Å²) in [4.78, 5) is 17.2. The number of H-pyrrole nitrogens is 1. The van der Waals surface area contributed by atoms with Gasteiger partial charge in [-0.15, -0.1) is 0 Å². The monoisotopic (exact) mass is 121 g/mol. The van der Waals surface area contributed by atoms with E-state index in [0.717, 1.165) is 5.69 Å². The fraction of sp³-hybridized carbons (Fsp3) is 0. The lowest BCUT2D eigenvalue weighted by atomic mass is 10.3. The topological polar surface area (TPSA) is 45.2 Å². The maximum Gasteiger partial charge on any atom is 1.00 e. The van der Waals surface area contributed by atoms with E-state index in [9.17, 15) is 4.79 Å². The number of hydrogen-bond acceptors (Lipinski definition) is 1. The van der Waals surface area contributed by atoms with E-state index in [2.05, 4.69) is 9.98 Å². The molecule has 44 valence electrons. The number of aromatic amines is 1. The molecule has 0 saturated carbocycles. The number of rotatable bonds is 0. The van der Waals surface area contributed by atoms with Crippen molar-refractivity contribution in [3.8, 4) is 0 Å². The number of aromatic nitrogens is 1. The summed E-state index contributed by atoms with van der Waals surface area (Å²) in [5.74, 6) is -0.147.